The summed E-state index contributed by atoms with van der Waals surface area (Å²) >= 11 is 13.2. The molecule has 0 fully saturated rings. The fourth-order valence-corrected chi connectivity index (χ4v) is 4.62. The van der Waals surface area contributed by atoms with Gasteiger partial charge in [0.05, 0.1) is 22.1 Å². The molecule has 0 radical (unpaired) electrons. The van der Waals surface area contributed by atoms with Crippen molar-refractivity contribution < 1.29 is 0 Å². The topological polar surface area (TPSA) is 52.2 Å². The van der Waals surface area contributed by atoms with Gasteiger partial charge < -0.3 is 4.57 Å². The van der Waals surface area contributed by atoms with Crippen molar-refractivity contribution in [2.45, 2.75) is 40.0 Å². The third kappa shape index (κ3) is 4.59. The third-order valence-electron chi connectivity index (χ3n) is 5.83. The first-order chi connectivity index (χ1) is 15.7. The normalized spacial score (nSPS) is 12.7. The molecule has 0 amide bonds. The van der Waals surface area contributed by atoms with E-state index in [0.717, 1.165) is 38.0 Å². The van der Waals surface area contributed by atoms with Crippen LogP contribution in [0.5, 0.6) is 0 Å². The molecule has 4 aromatic rings. The number of aromatic nitrogens is 3. The SMILES string of the molecule is CC[C@H](C)c1nc2ccc(Br)cc2c(=O)n1N=Cc1cc(C)n(-c2ccc(Br)c(Cl)c2)c1C. The Balaban J connectivity index is 1.84. The van der Waals surface area contributed by atoms with E-state index in [2.05, 4.69) is 55.4 Å². The molecule has 0 aliphatic carbocycles. The van der Waals surface area contributed by atoms with E-state index in [1.165, 1.54) is 4.68 Å². The third-order valence-corrected chi connectivity index (χ3v) is 7.56. The van der Waals surface area contributed by atoms with Gasteiger partial charge in [-0.15, -0.1) is 0 Å². The first kappa shape index (κ1) is 23.9. The van der Waals surface area contributed by atoms with Crippen LogP contribution in [0.15, 0.2) is 61.3 Å². The van der Waals surface area contributed by atoms with Gasteiger partial charge in [-0.25, -0.2) is 4.98 Å². The van der Waals surface area contributed by atoms with Crippen LogP contribution in [0.4, 0.5) is 0 Å². The number of rotatable bonds is 5. The molecule has 33 heavy (non-hydrogen) atoms. The number of fused-ring (bicyclic) bond motifs is 1. The van der Waals surface area contributed by atoms with E-state index in [1.807, 2.05) is 50.2 Å². The summed E-state index contributed by atoms with van der Waals surface area (Å²) < 4.78 is 5.24. The Labute approximate surface area is 214 Å². The number of nitrogens with zero attached hydrogens (tertiary/aromatic N) is 4. The summed E-state index contributed by atoms with van der Waals surface area (Å²) in [7, 11) is 0. The quantitative estimate of drug-likeness (QED) is 0.228. The minimum absolute atomic E-state index is 0.0836. The fraction of sp³-hybridized carbons (Fsp3) is 0.240. The van der Waals surface area contributed by atoms with Gasteiger partial charge in [0.25, 0.3) is 5.56 Å². The maximum Gasteiger partial charge on any atom is 0.282 e. The smallest absolute Gasteiger partial charge is 0.282 e. The van der Waals surface area contributed by atoms with Gasteiger partial charge in [-0.2, -0.15) is 9.78 Å². The molecule has 0 N–H and O–H groups in total. The zero-order chi connectivity index (χ0) is 23.9. The summed E-state index contributed by atoms with van der Waals surface area (Å²) in [6.07, 6.45) is 2.58. The lowest BCUT2D eigenvalue weighted by molar-refractivity contribution is 0.613. The van der Waals surface area contributed by atoms with Crippen molar-refractivity contribution in [1.29, 1.82) is 0 Å². The molecule has 0 bridgehead atoms. The van der Waals surface area contributed by atoms with Crippen LogP contribution in [0.3, 0.4) is 0 Å². The number of halogens is 3. The predicted octanol–water partition coefficient (Wildman–Crippen LogP) is 7.38. The van der Waals surface area contributed by atoms with Crippen LogP contribution in [-0.2, 0) is 0 Å². The first-order valence-electron chi connectivity index (χ1n) is 10.6. The van der Waals surface area contributed by atoms with Crippen LogP contribution in [0.2, 0.25) is 5.02 Å². The predicted molar refractivity (Wildman–Crippen MR) is 143 cm³/mol. The molecule has 0 spiro atoms. The molecule has 0 saturated carbocycles. The highest BCUT2D eigenvalue weighted by molar-refractivity contribution is 9.10. The minimum Gasteiger partial charge on any atom is -0.318 e. The van der Waals surface area contributed by atoms with Gasteiger partial charge in [-0.3, -0.25) is 4.79 Å². The Kier molecular flexibility index (Phi) is 6.93. The van der Waals surface area contributed by atoms with Crippen molar-refractivity contribution in [3.05, 3.63) is 89.6 Å². The standard InChI is InChI=1S/C25H23Br2ClN4O/c1-5-14(2)24-30-23-9-6-18(26)11-20(23)25(33)32(24)29-13-17-10-15(3)31(16(17)4)19-7-8-21(27)22(28)12-19/h6-14H,5H2,1-4H3/t14-/m0/s1. The molecule has 8 heteroatoms. The van der Waals surface area contributed by atoms with Crippen molar-refractivity contribution in [2.24, 2.45) is 5.10 Å². The Morgan fingerprint density at radius 3 is 2.61 bits per heavy atom. The summed E-state index contributed by atoms with van der Waals surface area (Å²) in [5, 5.41) is 5.80. The lowest BCUT2D eigenvalue weighted by atomic mass is 10.1. The lowest BCUT2D eigenvalue weighted by Gasteiger charge is -2.14. The number of benzene rings is 2. The highest BCUT2D eigenvalue weighted by Gasteiger charge is 2.16. The molecule has 0 aliphatic rings. The van der Waals surface area contributed by atoms with Crippen LogP contribution in [-0.4, -0.2) is 20.4 Å². The Bertz CT molecular complexity index is 1460. The zero-order valence-electron chi connectivity index (χ0n) is 18.7. The van der Waals surface area contributed by atoms with E-state index in [9.17, 15) is 4.79 Å². The van der Waals surface area contributed by atoms with Crippen LogP contribution in [0.25, 0.3) is 16.6 Å². The van der Waals surface area contributed by atoms with E-state index < -0.39 is 0 Å². The van der Waals surface area contributed by atoms with E-state index in [1.54, 1.807) is 12.3 Å². The average Bonchev–Trinajstić information content (AvgIpc) is 3.07. The van der Waals surface area contributed by atoms with Gasteiger partial charge >= 0.3 is 0 Å². The second-order valence-corrected chi connectivity index (χ2v) is 10.2. The van der Waals surface area contributed by atoms with Crippen LogP contribution < -0.4 is 5.56 Å². The van der Waals surface area contributed by atoms with Gasteiger partial charge in [0, 0.05) is 37.5 Å². The van der Waals surface area contributed by atoms with Gasteiger partial charge in [-0.1, -0.05) is 41.4 Å². The van der Waals surface area contributed by atoms with Crippen molar-refractivity contribution in [1.82, 2.24) is 14.2 Å². The van der Waals surface area contributed by atoms with E-state index >= 15 is 0 Å². The van der Waals surface area contributed by atoms with E-state index in [0.29, 0.717) is 21.7 Å². The van der Waals surface area contributed by atoms with Crippen molar-refractivity contribution >= 4 is 60.6 Å². The van der Waals surface area contributed by atoms with Gasteiger partial charge in [0.15, 0.2) is 0 Å². The molecule has 2 aromatic carbocycles. The van der Waals surface area contributed by atoms with Crippen LogP contribution >= 0.6 is 43.5 Å². The molecule has 0 unspecified atom stereocenters. The molecular weight excluding hydrogens is 568 g/mol. The molecule has 2 aromatic heterocycles. The minimum atomic E-state index is -0.179. The molecular formula is C25H23Br2ClN4O. The molecule has 0 aliphatic heterocycles. The Hall–Kier alpha value is -2.22. The molecule has 0 saturated heterocycles. The molecule has 2 heterocycles. The molecule has 1 atom stereocenters. The second-order valence-electron chi connectivity index (χ2n) is 8.06. The summed E-state index contributed by atoms with van der Waals surface area (Å²) in [4.78, 5) is 18.1. The van der Waals surface area contributed by atoms with Gasteiger partial charge in [0.1, 0.15) is 5.82 Å². The summed E-state index contributed by atoms with van der Waals surface area (Å²) in [6.45, 7) is 8.19. The number of hydrogen-bond donors (Lipinski definition) is 0. The summed E-state index contributed by atoms with van der Waals surface area (Å²) in [5.41, 5.74) is 4.43. The van der Waals surface area contributed by atoms with E-state index in [-0.39, 0.29) is 11.5 Å². The van der Waals surface area contributed by atoms with E-state index in [4.69, 9.17) is 16.6 Å². The highest BCUT2D eigenvalue weighted by Crippen LogP contribution is 2.28. The number of aryl methyl sites for hydroxylation is 1. The largest absolute Gasteiger partial charge is 0.318 e. The summed E-state index contributed by atoms with van der Waals surface area (Å²) in [5.74, 6) is 0.738. The first-order valence-corrected chi connectivity index (χ1v) is 12.6. The zero-order valence-corrected chi connectivity index (χ0v) is 22.7. The van der Waals surface area contributed by atoms with Gasteiger partial charge in [0.2, 0.25) is 0 Å². The monoisotopic (exact) mass is 588 g/mol. The molecule has 4 rings (SSSR count). The maximum atomic E-state index is 13.4. The summed E-state index contributed by atoms with van der Waals surface area (Å²) in [6, 6.07) is 13.5. The Morgan fingerprint density at radius 2 is 1.91 bits per heavy atom. The maximum absolute atomic E-state index is 13.4. The van der Waals surface area contributed by atoms with Crippen LogP contribution in [0.1, 0.15) is 49.0 Å². The number of hydrogen-bond acceptors (Lipinski definition) is 3. The average molecular weight is 591 g/mol. The van der Waals surface area contributed by atoms with Gasteiger partial charge in [-0.05, 0) is 78.7 Å². The lowest BCUT2D eigenvalue weighted by Crippen LogP contribution is -2.23. The molecule has 170 valence electrons. The van der Waals surface area contributed by atoms with Crippen LogP contribution in [0, 0.1) is 13.8 Å². The fourth-order valence-electron chi connectivity index (χ4n) is 3.84. The van der Waals surface area contributed by atoms with Crippen molar-refractivity contribution in [3.63, 3.8) is 0 Å². The van der Waals surface area contributed by atoms with Crippen molar-refractivity contribution in [2.75, 3.05) is 0 Å². The van der Waals surface area contributed by atoms with Crippen molar-refractivity contribution in [3.8, 4) is 5.69 Å². The molecule has 5 nitrogen and oxygen atoms in total. The highest BCUT2D eigenvalue weighted by atomic mass is 79.9. The second kappa shape index (κ2) is 9.57. The Morgan fingerprint density at radius 1 is 1.15 bits per heavy atom.